The van der Waals surface area contributed by atoms with Crippen molar-refractivity contribution >= 4 is 21.2 Å². The van der Waals surface area contributed by atoms with Crippen LogP contribution in [0.1, 0.15) is 43.6 Å². The van der Waals surface area contributed by atoms with Gasteiger partial charge in [0.15, 0.2) is 5.65 Å². The number of fused-ring (bicyclic) bond motifs is 1. The lowest BCUT2D eigenvalue weighted by Gasteiger charge is -2.09. The summed E-state index contributed by atoms with van der Waals surface area (Å²) >= 11 is 0. The van der Waals surface area contributed by atoms with Crippen LogP contribution in [-0.2, 0) is 23.0 Å². The van der Waals surface area contributed by atoms with Gasteiger partial charge in [0, 0.05) is 12.2 Å². The second kappa shape index (κ2) is 6.81. The third-order valence-corrected chi connectivity index (χ3v) is 6.04. The predicted octanol–water partition coefficient (Wildman–Crippen LogP) is 3.20. The molecular formula is C19H22N4O2S. The monoisotopic (exact) mass is 370 g/mol. The maximum atomic E-state index is 12.6. The Morgan fingerprint density at radius 1 is 1.19 bits per heavy atom. The summed E-state index contributed by atoms with van der Waals surface area (Å²) in [6.07, 6.45) is 5.90. The number of nitrogens with one attached hydrogen (secondary N) is 1. The Balaban J connectivity index is 1.56. The molecule has 136 valence electrons. The first-order valence-electron chi connectivity index (χ1n) is 8.99. The van der Waals surface area contributed by atoms with Gasteiger partial charge in [0.05, 0.1) is 11.4 Å². The molecule has 0 radical (unpaired) electrons. The van der Waals surface area contributed by atoms with E-state index in [0.717, 1.165) is 42.4 Å². The minimum Gasteiger partial charge on any atom is -0.308 e. The third kappa shape index (κ3) is 3.37. The Hall–Kier alpha value is -2.25. The van der Waals surface area contributed by atoms with Crippen LogP contribution in [0, 0.1) is 0 Å². The summed E-state index contributed by atoms with van der Waals surface area (Å²) in [6.45, 7) is 2.26. The molecule has 26 heavy (non-hydrogen) atoms. The van der Waals surface area contributed by atoms with Gasteiger partial charge < -0.3 is 4.57 Å². The maximum Gasteiger partial charge on any atom is 0.240 e. The standard InChI is InChI=1S/C19H22N4O2S/c1-2-4-14-6-10-16(11-7-14)26(24,25)21-13-18-22-17-5-3-12-20-19(17)23(18)15-8-9-15/h3,5-7,10-12,15,21H,2,4,8-9,13H2,1H3. The molecule has 0 spiro atoms. The Labute approximate surface area is 153 Å². The molecular weight excluding hydrogens is 348 g/mol. The van der Waals surface area contributed by atoms with Gasteiger partial charge in [-0.1, -0.05) is 25.5 Å². The van der Waals surface area contributed by atoms with Crippen LogP contribution < -0.4 is 4.72 Å². The number of sulfonamides is 1. The van der Waals surface area contributed by atoms with Crippen LogP contribution in [0.4, 0.5) is 0 Å². The number of nitrogens with zero attached hydrogens (tertiary/aromatic N) is 3. The van der Waals surface area contributed by atoms with Crippen molar-refractivity contribution in [1.82, 2.24) is 19.3 Å². The van der Waals surface area contributed by atoms with E-state index >= 15 is 0 Å². The van der Waals surface area contributed by atoms with Crippen LogP contribution in [0.25, 0.3) is 11.2 Å². The average molecular weight is 370 g/mol. The highest BCUT2D eigenvalue weighted by Crippen LogP contribution is 2.38. The Morgan fingerprint density at radius 2 is 1.96 bits per heavy atom. The Bertz CT molecular complexity index is 1020. The predicted molar refractivity (Wildman–Crippen MR) is 100 cm³/mol. The molecule has 0 amide bonds. The van der Waals surface area contributed by atoms with Gasteiger partial charge in [-0.3, -0.25) is 0 Å². The average Bonchev–Trinajstić information content (AvgIpc) is 3.41. The minimum absolute atomic E-state index is 0.159. The lowest BCUT2D eigenvalue weighted by Crippen LogP contribution is -2.25. The lowest BCUT2D eigenvalue weighted by atomic mass is 10.1. The molecule has 0 aliphatic heterocycles. The molecule has 0 atom stereocenters. The van der Waals surface area contributed by atoms with Crippen molar-refractivity contribution in [3.63, 3.8) is 0 Å². The number of imidazole rings is 1. The number of aromatic nitrogens is 3. The van der Waals surface area contributed by atoms with Crippen LogP contribution in [0.15, 0.2) is 47.5 Å². The molecule has 1 fully saturated rings. The zero-order chi connectivity index (χ0) is 18.1. The van der Waals surface area contributed by atoms with Crippen LogP contribution in [-0.4, -0.2) is 23.0 Å². The van der Waals surface area contributed by atoms with Gasteiger partial charge in [0.1, 0.15) is 11.3 Å². The van der Waals surface area contributed by atoms with Gasteiger partial charge >= 0.3 is 0 Å². The van der Waals surface area contributed by atoms with Gasteiger partial charge in [0.2, 0.25) is 10.0 Å². The molecule has 4 rings (SSSR count). The van der Waals surface area contributed by atoms with E-state index in [1.165, 1.54) is 0 Å². The van der Waals surface area contributed by atoms with Crippen molar-refractivity contribution in [1.29, 1.82) is 0 Å². The van der Waals surface area contributed by atoms with Crippen LogP contribution in [0.5, 0.6) is 0 Å². The molecule has 2 heterocycles. The first-order valence-corrected chi connectivity index (χ1v) is 10.5. The number of rotatable bonds is 7. The van der Waals surface area contributed by atoms with Gasteiger partial charge in [0.25, 0.3) is 0 Å². The second-order valence-corrected chi connectivity index (χ2v) is 8.46. The molecule has 1 saturated carbocycles. The number of aryl methyl sites for hydroxylation is 1. The lowest BCUT2D eigenvalue weighted by molar-refractivity contribution is 0.575. The van der Waals surface area contributed by atoms with Crippen molar-refractivity contribution in [2.24, 2.45) is 0 Å². The van der Waals surface area contributed by atoms with Crippen LogP contribution in [0.3, 0.4) is 0 Å². The van der Waals surface area contributed by atoms with Gasteiger partial charge in [-0.15, -0.1) is 0 Å². The first-order chi connectivity index (χ1) is 12.6. The van der Waals surface area contributed by atoms with E-state index in [4.69, 9.17) is 0 Å². The van der Waals surface area contributed by atoms with E-state index in [-0.39, 0.29) is 11.4 Å². The van der Waals surface area contributed by atoms with E-state index in [9.17, 15) is 8.42 Å². The maximum absolute atomic E-state index is 12.6. The number of pyridine rings is 1. The number of hydrogen-bond donors (Lipinski definition) is 1. The van der Waals surface area contributed by atoms with E-state index < -0.39 is 10.0 Å². The first kappa shape index (κ1) is 17.2. The van der Waals surface area contributed by atoms with Crippen molar-refractivity contribution < 1.29 is 8.42 Å². The molecule has 2 aromatic heterocycles. The normalized spacial score (nSPS) is 14.8. The molecule has 0 bridgehead atoms. The van der Waals surface area contributed by atoms with Gasteiger partial charge in [-0.2, -0.15) is 0 Å². The fourth-order valence-corrected chi connectivity index (χ4v) is 4.16. The highest BCUT2D eigenvalue weighted by Gasteiger charge is 2.29. The molecule has 1 N–H and O–H groups in total. The SMILES string of the molecule is CCCc1ccc(S(=O)(=O)NCc2nc3cccnc3n2C2CC2)cc1. The summed E-state index contributed by atoms with van der Waals surface area (Å²) in [5, 5.41) is 0. The zero-order valence-electron chi connectivity index (χ0n) is 14.7. The molecule has 0 saturated heterocycles. The molecule has 6 nitrogen and oxygen atoms in total. The third-order valence-electron chi connectivity index (χ3n) is 4.63. The Kier molecular flexibility index (Phi) is 4.50. The van der Waals surface area contributed by atoms with Crippen LogP contribution >= 0.6 is 0 Å². The summed E-state index contributed by atoms with van der Waals surface area (Å²) < 4.78 is 30.0. The topological polar surface area (TPSA) is 76.9 Å². The smallest absolute Gasteiger partial charge is 0.240 e. The molecule has 1 aliphatic rings. The second-order valence-electron chi connectivity index (χ2n) is 6.69. The molecule has 3 aromatic rings. The zero-order valence-corrected chi connectivity index (χ0v) is 15.5. The molecule has 1 aromatic carbocycles. The van der Waals surface area contributed by atoms with E-state index in [0.29, 0.717) is 11.9 Å². The molecule has 1 aliphatic carbocycles. The number of hydrogen-bond acceptors (Lipinski definition) is 4. The largest absolute Gasteiger partial charge is 0.308 e. The fraction of sp³-hybridized carbons (Fsp3) is 0.368. The molecule has 0 unspecified atom stereocenters. The van der Waals surface area contributed by atoms with E-state index in [1.54, 1.807) is 18.3 Å². The summed E-state index contributed by atoms with van der Waals surface area (Å²) in [5.41, 5.74) is 2.78. The van der Waals surface area contributed by atoms with Gasteiger partial charge in [-0.25, -0.2) is 23.1 Å². The quantitative estimate of drug-likeness (QED) is 0.693. The van der Waals surface area contributed by atoms with Crippen LogP contribution in [0.2, 0.25) is 0 Å². The summed E-state index contributed by atoms with van der Waals surface area (Å²) in [6, 6.07) is 11.2. The summed E-state index contributed by atoms with van der Waals surface area (Å²) in [7, 11) is -3.57. The minimum atomic E-state index is -3.57. The summed E-state index contributed by atoms with van der Waals surface area (Å²) in [4.78, 5) is 9.28. The highest BCUT2D eigenvalue weighted by atomic mass is 32.2. The highest BCUT2D eigenvalue weighted by molar-refractivity contribution is 7.89. The Morgan fingerprint density at radius 3 is 2.65 bits per heavy atom. The fourth-order valence-electron chi connectivity index (χ4n) is 3.18. The van der Waals surface area contributed by atoms with Crippen molar-refractivity contribution in [3.8, 4) is 0 Å². The molecule has 7 heteroatoms. The van der Waals surface area contributed by atoms with Gasteiger partial charge in [-0.05, 0) is 49.1 Å². The van der Waals surface area contributed by atoms with Crippen molar-refractivity contribution in [2.75, 3.05) is 0 Å². The number of benzene rings is 1. The van der Waals surface area contributed by atoms with E-state index in [2.05, 4.69) is 26.2 Å². The van der Waals surface area contributed by atoms with E-state index in [1.807, 2.05) is 24.3 Å². The summed E-state index contributed by atoms with van der Waals surface area (Å²) in [5.74, 6) is 0.715. The van der Waals surface area contributed by atoms with Crippen molar-refractivity contribution in [2.45, 2.75) is 50.1 Å². The van der Waals surface area contributed by atoms with Crippen molar-refractivity contribution in [3.05, 3.63) is 54.0 Å².